The van der Waals surface area contributed by atoms with Crippen molar-refractivity contribution in [2.45, 2.75) is 49.8 Å². The highest BCUT2D eigenvalue weighted by Gasteiger charge is 2.44. The van der Waals surface area contributed by atoms with Crippen LogP contribution in [-0.4, -0.2) is 41.7 Å². The first kappa shape index (κ1) is 16.0. The van der Waals surface area contributed by atoms with Gasteiger partial charge in [-0.1, -0.05) is 25.1 Å². The molecule has 2 unspecified atom stereocenters. The number of hydrogen-bond donors (Lipinski definition) is 2. The fourth-order valence-electron chi connectivity index (χ4n) is 3.16. The van der Waals surface area contributed by atoms with E-state index in [-0.39, 0.29) is 11.9 Å². The van der Waals surface area contributed by atoms with Crippen LogP contribution in [-0.2, 0) is 9.53 Å². The van der Waals surface area contributed by atoms with Gasteiger partial charge in [0.05, 0.1) is 4.99 Å². The van der Waals surface area contributed by atoms with E-state index in [9.17, 15) is 4.79 Å². The number of nitrogens with two attached hydrogens (primary N) is 1. The summed E-state index contributed by atoms with van der Waals surface area (Å²) in [5.41, 5.74) is 5.18. The maximum absolute atomic E-state index is 12.7. The molecule has 0 aromatic heterocycles. The number of ether oxygens (including phenoxy) is 1. The van der Waals surface area contributed by atoms with Gasteiger partial charge in [-0.2, -0.15) is 11.8 Å². The lowest BCUT2D eigenvalue weighted by atomic mass is 9.78. The monoisotopic (exact) mass is 316 g/mol. The molecule has 20 heavy (non-hydrogen) atoms. The molecule has 114 valence electrons. The number of thiocarbonyl (C=S) groups is 1. The molecule has 3 N–H and O–H groups in total. The Morgan fingerprint density at radius 2 is 2.00 bits per heavy atom. The highest BCUT2D eigenvalue weighted by molar-refractivity contribution is 7.99. The van der Waals surface area contributed by atoms with Crippen LogP contribution in [0.2, 0.25) is 0 Å². The van der Waals surface area contributed by atoms with E-state index in [4.69, 9.17) is 22.7 Å². The van der Waals surface area contributed by atoms with E-state index in [1.807, 2.05) is 11.8 Å². The molecule has 0 aromatic carbocycles. The third-order valence-electron chi connectivity index (χ3n) is 4.57. The predicted octanol–water partition coefficient (Wildman–Crippen LogP) is 1.86. The number of carbonyl (C=O) groups excluding carboxylic acids is 1. The number of thioether (sulfide) groups is 1. The lowest BCUT2D eigenvalue weighted by Crippen LogP contribution is -2.56. The summed E-state index contributed by atoms with van der Waals surface area (Å²) in [7, 11) is 0. The Morgan fingerprint density at radius 3 is 2.60 bits per heavy atom. The van der Waals surface area contributed by atoms with Crippen molar-refractivity contribution in [2.75, 3.05) is 19.5 Å². The number of nitrogens with one attached hydrogen (secondary N) is 1. The van der Waals surface area contributed by atoms with Crippen molar-refractivity contribution in [3.63, 3.8) is 0 Å². The molecule has 0 aromatic rings. The Kier molecular flexibility index (Phi) is 5.69. The maximum Gasteiger partial charge on any atom is 0.233 e. The van der Waals surface area contributed by atoms with Crippen LogP contribution in [0, 0.1) is 5.41 Å². The van der Waals surface area contributed by atoms with Gasteiger partial charge in [-0.15, -0.1) is 0 Å². The predicted molar refractivity (Wildman–Crippen MR) is 87.0 cm³/mol. The van der Waals surface area contributed by atoms with Crippen LogP contribution >= 0.6 is 24.0 Å². The molecule has 6 heteroatoms. The van der Waals surface area contributed by atoms with Crippen LogP contribution < -0.4 is 11.1 Å². The molecule has 2 rings (SSSR count). The van der Waals surface area contributed by atoms with Crippen LogP contribution in [0.5, 0.6) is 0 Å². The zero-order valence-corrected chi connectivity index (χ0v) is 13.7. The first-order valence-corrected chi connectivity index (χ1v) is 9.01. The van der Waals surface area contributed by atoms with Crippen molar-refractivity contribution < 1.29 is 9.53 Å². The Labute approximate surface area is 130 Å². The molecule has 2 atom stereocenters. The average Bonchev–Trinajstić information content (AvgIpc) is 2.48. The third kappa shape index (κ3) is 3.28. The summed E-state index contributed by atoms with van der Waals surface area (Å²) < 4.78 is 5.36. The zero-order valence-electron chi connectivity index (χ0n) is 12.0. The summed E-state index contributed by atoms with van der Waals surface area (Å²) >= 11 is 7.03. The standard InChI is InChI=1S/C14H24N2O2S2/c1-20-11-5-3-2-4-10(11)16-13(17)14(12(15)19)6-8-18-9-7-14/h10-11H,2-9H2,1H3,(H2,15,19)(H,16,17). The number of amides is 1. The molecule has 1 aliphatic carbocycles. The summed E-state index contributed by atoms with van der Waals surface area (Å²) in [5.74, 6) is 0.0132. The molecule has 2 fully saturated rings. The molecule has 2 aliphatic rings. The molecule has 1 heterocycles. The molecule has 1 saturated heterocycles. The second-order valence-corrected chi connectivity index (χ2v) is 7.21. The largest absolute Gasteiger partial charge is 0.392 e. The summed E-state index contributed by atoms with van der Waals surface area (Å²) in [6.07, 6.45) is 8.00. The van der Waals surface area contributed by atoms with Crippen LogP contribution in [0.3, 0.4) is 0 Å². The fraction of sp³-hybridized carbons (Fsp3) is 0.857. The molecular formula is C14H24N2O2S2. The van der Waals surface area contributed by atoms with Crippen molar-refractivity contribution in [1.29, 1.82) is 0 Å². The molecule has 0 bridgehead atoms. The Bertz CT molecular complexity index is 370. The van der Waals surface area contributed by atoms with E-state index >= 15 is 0 Å². The number of rotatable bonds is 4. The molecule has 0 spiro atoms. The van der Waals surface area contributed by atoms with Gasteiger partial charge in [-0.3, -0.25) is 4.79 Å². The van der Waals surface area contributed by atoms with Crippen molar-refractivity contribution >= 4 is 34.9 Å². The minimum absolute atomic E-state index is 0.0132. The van der Waals surface area contributed by atoms with Gasteiger partial charge >= 0.3 is 0 Å². The van der Waals surface area contributed by atoms with Crippen LogP contribution in [0.1, 0.15) is 38.5 Å². The minimum Gasteiger partial charge on any atom is -0.392 e. The van der Waals surface area contributed by atoms with Crippen molar-refractivity contribution in [3.05, 3.63) is 0 Å². The van der Waals surface area contributed by atoms with Gasteiger partial charge in [0.15, 0.2) is 0 Å². The lowest BCUT2D eigenvalue weighted by Gasteiger charge is -2.38. The normalized spacial score (nSPS) is 29.6. The van der Waals surface area contributed by atoms with Gasteiger partial charge in [0.25, 0.3) is 0 Å². The number of hydrogen-bond acceptors (Lipinski definition) is 4. The Balaban J connectivity index is 2.06. The highest BCUT2D eigenvalue weighted by Crippen LogP contribution is 2.33. The quantitative estimate of drug-likeness (QED) is 0.775. The van der Waals surface area contributed by atoms with E-state index in [1.54, 1.807) is 0 Å². The van der Waals surface area contributed by atoms with E-state index in [0.717, 1.165) is 6.42 Å². The summed E-state index contributed by atoms with van der Waals surface area (Å²) in [4.78, 5) is 13.1. The maximum atomic E-state index is 12.7. The Morgan fingerprint density at radius 1 is 1.35 bits per heavy atom. The zero-order chi connectivity index (χ0) is 14.6. The van der Waals surface area contributed by atoms with Crippen LogP contribution in [0.15, 0.2) is 0 Å². The molecule has 4 nitrogen and oxygen atoms in total. The smallest absolute Gasteiger partial charge is 0.233 e. The van der Waals surface area contributed by atoms with Gasteiger partial charge in [0, 0.05) is 24.5 Å². The molecule has 1 saturated carbocycles. The molecule has 1 amide bonds. The molecular weight excluding hydrogens is 292 g/mol. The summed E-state index contributed by atoms with van der Waals surface area (Å²) in [6.45, 7) is 1.11. The SMILES string of the molecule is CSC1CCCCC1NC(=O)C1(C(N)=S)CCOCC1. The van der Waals surface area contributed by atoms with E-state index in [2.05, 4.69) is 11.6 Å². The first-order valence-electron chi connectivity index (χ1n) is 7.31. The van der Waals surface area contributed by atoms with Crippen molar-refractivity contribution in [3.8, 4) is 0 Å². The fourth-order valence-corrected chi connectivity index (χ4v) is 4.39. The second-order valence-electron chi connectivity index (χ2n) is 5.70. The minimum atomic E-state index is -0.700. The van der Waals surface area contributed by atoms with E-state index in [1.165, 1.54) is 19.3 Å². The van der Waals surface area contributed by atoms with Gasteiger partial charge in [-0.25, -0.2) is 0 Å². The van der Waals surface area contributed by atoms with Crippen molar-refractivity contribution in [1.82, 2.24) is 5.32 Å². The molecule has 1 aliphatic heterocycles. The van der Waals surface area contributed by atoms with Gasteiger partial charge in [0.1, 0.15) is 5.41 Å². The van der Waals surface area contributed by atoms with E-state index in [0.29, 0.717) is 36.3 Å². The lowest BCUT2D eigenvalue weighted by molar-refractivity contribution is -0.132. The summed E-state index contributed by atoms with van der Waals surface area (Å²) in [6, 6.07) is 0.250. The topological polar surface area (TPSA) is 64.4 Å². The van der Waals surface area contributed by atoms with Gasteiger partial charge in [0.2, 0.25) is 5.91 Å². The van der Waals surface area contributed by atoms with Crippen molar-refractivity contribution in [2.24, 2.45) is 11.1 Å². The molecule has 0 radical (unpaired) electrons. The first-order chi connectivity index (χ1) is 9.60. The second kappa shape index (κ2) is 7.09. The third-order valence-corrected chi connectivity index (χ3v) is 6.13. The van der Waals surface area contributed by atoms with E-state index < -0.39 is 5.41 Å². The van der Waals surface area contributed by atoms with Crippen LogP contribution in [0.4, 0.5) is 0 Å². The van der Waals surface area contributed by atoms with Gasteiger partial charge in [-0.05, 0) is 31.9 Å². The number of carbonyl (C=O) groups is 1. The average molecular weight is 316 g/mol. The highest BCUT2D eigenvalue weighted by atomic mass is 32.2. The summed E-state index contributed by atoms with van der Waals surface area (Å²) in [5, 5.41) is 3.74. The Hall–Kier alpha value is -0.330. The van der Waals surface area contributed by atoms with Gasteiger partial charge < -0.3 is 15.8 Å². The van der Waals surface area contributed by atoms with Crippen LogP contribution in [0.25, 0.3) is 0 Å².